The average molecular weight is 493 g/mol. The molecule has 1 aliphatic carbocycles. The maximum atomic E-state index is 12.4. The predicted molar refractivity (Wildman–Crippen MR) is 104 cm³/mol. The maximum Gasteiger partial charge on any atom is 0.429 e. The van der Waals surface area contributed by atoms with Crippen LogP contribution in [0.3, 0.4) is 0 Å². The third-order valence-electron chi connectivity index (χ3n) is 3.57. The standard InChI is InChI=1S/C14H20Cl6N2O4/c15-13(16,17)8-25-11(23)21-22(12(24)26-9-14(18,19)20)10-6-4-2-1-3-5-7-10/h10H,1-9H2,(H,21,23). The summed E-state index contributed by atoms with van der Waals surface area (Å²) < 4.78 is 6.26. The van der Waals surface area contributed by atoms with Gasteiger partial charge in [-0.05, 0) is 12.8 Å². The van der Waals surface area contributed by atoms with Gasteiger partial charge in [0, 0.05) is 0 Å². The fraction of sp³-hybridized carbons (Fsp3) is 0.857. The molecule has 0 atom stereocenters. The van der Waals surface area contributed by atoms with Crippen LogP contribution >= 0.6 is 69.6 Å². The molecule has 1 fully saturated rings. The number of halogens is 6. The molecule has 6 nitrogen and oxygen atoms in total. The normalized spacial score (nSPS) is 17.0. The Labute approximate surface area is 182 Å². The summed E-state index contributed by atoms with van der Waals surface area (Å²) in [5.41, 5.74) is 2.34. The van der Waals surface area contributed by atoms with E-state index in [1.165, 1.54) is 0 Å². The van der Waals surface area contributed by atoms with Gasteiger partial charge in [0.15, 0.2) is 0 Å². The van der Waals surface area contributed by atoms with E-state index in [-0.39, 0.29) is 6.04 Å². The van der Waals surface area contributed by atoms with Gasteiger partial charge in [0.25, 0.3) is 0 Å². The highest BCUT2D eigenvalue weighted by molar-refractivity contribution is 6.68. The van der Waals surface area contributed by atoms with E-state index in [1.807, 2.05) is 0 Å². The van der Waals surface area contributed by atoms with Crippen LogP contribution in [0.4, 0.5) is 9.59 Å². The van der Waals surface area contributed by atoms with Gasteiger partial charge in [-0.3, -0.25) is 0 Å². The highest BCUT2D eigenvalue weighted by Gasteiger charge is 2.31. The van der Waals surface area contributed by atoms with Crippen molar-refractivity contribution in [1.82, 2.24) is 10.4 Å². The van der Waals surface area contributed by atoms with Crippen molar-refractivity contribution in [3.63, 3.8) is 0 Å². The van der Waals surface area contributed by atoms with E-state index in [1.54, 1.807) is 0 Å². The molecule has 152 valence electrons. The molecular formula is C14H20Cl6N2O4. The van der Waals surface area contributed by atoms with Crippen molar-refractivity contribution in [3.8, 4) is 0 Å². The number of ether oxygens (including phenoxy) is 2. The van der Waals surface area contributed by atoms with Gasteiger partial charge in [-0.1, -0.05) is 102 Å². The van der Waals surface area contributed by atoms with Crippen LogP contribution in [0.25, 0.3) is 0 Å². The number of alkyl halides is 6. The Morgan fingerprint density at radius 3 is 1.81 bits per heavy atom. The van der Waals surface area contributed by atoms with Gasteiger partial charge in [-0.25, -0.2) is 20.0 Å². The molecule has 1 aliphatic rings. The summed E-state index contributed by atoms with van der Waals surface area (Å²) in [6.45, 7) is -0.949. The topological polar surface area (TPSA) is 67.9 Å². The quantitative estimate of drug-likeness (QED) is 0.392. The van der Waals surface area contributed by atoms with Crippen LogP contribution in [0.15, 0.2) is 0 Å². The summed E-state index contributed by atoms with van der Waals surface area (Å²) in [6.07, 6.45) is 4.62. The minimum atomic E-state index is -1.77. The number of nitrogens with zero attached hydrogens (tertiary/aromatic N) is 1. The lowest BCUT2D eigenvalue weighted by Crippen LogP contribution is -2.53. The molecule has 0 aromatic carbocycles. The number of rotatable bonds is 3. The summed E-state index contributed by atoms with van der Waals surface area (Å²) in [5.74, 6) is 0. The summed E-state index contributed by atoms with van der Waals surface area (Å²) >= 11 is 33.4. The van der Waals surface area contributed by atoms with E-state index >= 15 is 0 Å². The lowest BCUT2D eigenvalue weighted by atomic mass is 9.96. The number of amides is 2. The van der Waals surface area contributed by atoms with Crippen molar-refractivity contribution < 1.29 is 19.1 Å². The first-order valence-electron chi connectivity index (χ1n) is 8.01. The molecule has 0 aromatic rings. The number of hydrazine groups is 1. The monoisotopic (exact) mass is 490 g/mol. The van der Waals surface area contributed by atoms with Gasteiger partial charge < -0.3 is 9.47 Å². The van der Waals surface area contributed by atoms with Crippen LogP contribution < -0.4 is 5.43 Å². The van der Waals surface area contributed by atoms with E-state index in [4.69, 9.17) is 79.1 Å². The summed E-state index contributed by atoms with van der Waals surface area (Å²) in [4.78, 5) is 24.4. The molecule has 2 amide bonds. The highest BCUT2D eigenvalue weighted by atomic mass is 35.6. The minimum absolute atomic E-state index is 0.279. The Morgan fingerprint density at radius 2 is 1.31 bits per heavy atom. The zero-order valence-corrected chi connectivity index (χ0v) is 18.3. The molecule has 0 spiro atoms. The van der Waals surface area contributed by atoms with Crippen molar-refractivity contribution in [1.29, 1.82) is 0 Å². The fourth-order valence-corrected chi connectivity index (χ4v) is 2.80. The van der Waals surface area contributed by atoms with Crippen LogP contribution in [0.5, 0.6) is 0 Å². The van der Waals surface area contributed by atoms with Crippen LogP contribution in [-0.4, -0.2) is 44.0 Å². The molecule has 26 heavy (non-hydrogen) atoms. The summed E-state index contributed by atoms with van der Waals surface area (Å²) in [7, 11) is 0. The Kier molecular flexibility index (Phi) is 10.6. The number of carbonyl (C=O) groups excluding carboxylic acids is 2. The fourth-order valence-electron chi connectivity index (χ4n) is 2.47. The van der Waals surface area contributed by atoms with Crippen LogP contribution in [0.2, 0.25) is 0 Å². The minimum Gasteiger partial charge on any atom is -0.444 e. The largest absolute Gasteiger partial charge is 0.444 e. The molecule has 1 N–H and O–H groups in total. The van der Waals surface area contributed by atoms with Gasteiger partial charge >= 0.3 is 12.2 Å². The maximum absolute atomic E-state index is 12.4. The van der Waals surface area contributed by atoms with Crippen LogP contribution in [0, 0.1) is 0 Å². The summed E-state index contributed by atoms with van der Waals surface area (Å²) in [5, 5.41) is 1.06. The Bertz CT molecular complexity index is 461. The molecule has 1 saturated carbocycles. The van der Waals surface area contributed by atoms with Crippen molar-refractivity contribution in [2.75, 3.05) is 13.2 Å². The van der Waals surface area contributed by atoms with E-state index in [9.17, 15) is 9.59 Å². The summed E-state index contributed by atoms with van der Waals surface area (Å²) in [6, 6.07) is -0.279. The van der Waals surface area contributed by atoms with Gasteiger partial charge in [0.2, 0.25) is 7.59 Å². The Hall–Kier alpha value is 0.280. The first-order chi connectivity index (χ1) is 12.0. The second-order valence-electron chi connectivity index (χ2n) is 5.84. The SMILES string of the molecule is O=C(NN(C(=O)OCC(Cl)(Cl)Cl)C1CCCCCCC1)OCC(Cl)(Cl)Cl. The smallest absolute Gasteiger partial charge is 0.429 e. The third-order valence-corrected chi connectivity index (χ3v) is 4.23. The Balaban J connectivity index is 2.75. The zero-order chi connectivity index (χ0) is 19.8. The van der Waals surface area contributed by atoms with Crippen molar-refractivity contribution in [3.05, 3.63) is 0 Å². The zero-order valence-electron chi connectivity index (χ0n) is 13.8. The van der Waals surface area contributed by atoms with E-state index < -0.39 is 33.0 Å². The predicted octanol–water partition coefficient (Wildman–Crippen LogP) is 5.92. The first-order valence-corrected chi connectivity index (χ1v) is 10.3. The van der Waals surface area contributed by atoms with E-state index in [0.717, 1.165) is 37.1 Å². The molecule has 0 bridgehead atoms. The molecular weight excluding hydrogens is 473 g/mol. The molecule has 1 rings (SSSR count). The Morgan fingerprint density at radius 1 is 0.846 bits per heavy atom. The van der Waals surface area contributed by atoms with E-state index in [2.05, 4.69) is 5.43 Å². The molecule has 0 unspecified atom stereocenters. The van der Waals surface area contributed by atoms with Crippen molar-refractivity contribution in [2.45, 2.75) is 58.6 Å². The second kappa shape index (κ2) is 11.3. The molecule has 0 heterocycles. The molecule has 0 aromatic heterocycles. The molecule has 12 heteroatoms. The number of hydrogen-bond acceptors (Lipinski definition) is 4. The van der Waals surface area contributed by atoms with Crippen LogP contribution in [0.1, 0.15) is 44.9 Å². The van der Waals surface area contributed by atoms with Gasteiger partial charge in [0.05, 0.1) is 6.04 Å². The van der Waals surface area contributed by atoms with Gasteiger partial charge in [-0.2, -0.15) is 0 Å². The lowest BCUT2D eigenvalue weighted by Gasteiger charge is -2.32. The van der Waals surface area contributed by atoms with Gasteiger partial charge in [0.1, 0.15) is 13.2 Å². The van der Waals surface area contributed by atoms with E-state index in [0.29, 0.717) is 12.8 Å². The van der Waals surface area contributed by atoms with Gasteiger partial charge in [-0.15, -0.1) is 0 Å². The first kappa shape index (κ1) is 24.3. The molecule has 0 saturated heterocycles. The third kappa shape index (κ3) is 11.2. The number of carbonyl (C=O) groups is 2. The molecule has 0 aliphatic heterocycles. The second-order valence-corrected chi connectivity index (χ2v) is 10.9. The average Bonchev–Trinajstić information content (AvgIpc) is 2.47. The molecule has 0 radical (unpaired) electrons. The van der Waals surface area contributed by atoms with Crippen LogP contribution in [-0.2, 0) is 9.47 Å². The highest BCUT2D eigenvalue weighted by Crippen LogP contribution is 2.28. The number of hydrogen-bond donors (Lipinski definition) is 1. The van der Waals surface area contributed by atoms with Crippen molar-refractivity contribution in [2.24, 2.45) is 0 Å². The number of nitrogens with one attached hydrogen (secondary N) is 1. The van der Waals surface area contributed by atoms with Crippen molar-refractivity contribution >= 4 is 81.8 Å². The lowest BCUT2D eigenvalue weighted by molar-refractivity contribution is 0.0467.